The second kappa shape index (κ2) is 6.03. The summed E-state index contributed by atoms with van der Waals surface area (Å²) in [6.07, 6.45) is 5.39. The molecule has 3 heterocycles. The van der Waals surface area contributed by atoms with Crippen molar-refractivity contribution in [1.82, 2.24) is 9.38 Å². The van der Waals surface area contributed by atoms with E-state index in [4.69, 9.17) is 0 Å². The number of hydrogen-bond acceptors (Lipinski definition) is 4. The molecule has 0 spiro atoms. The predicted octanol–water partition coefficient (Wildman–Crippen LogP) is 4.64. The van der Waals surface area contributed by atoms with Gasteiger partial charge in [0.15, 0.2) is 0 Å². The van der Waals surface area contributed by atoms with Gasteiger partial charge >= 0.3 is 0 Å². The van der Waals surface area contributed by atoms with Crippen molar-refractivity contribution >= 4 is 17.3 Å². The van der Waals surface area contributed by atoms with E-state index in [2.05, 4.69) is 37.9 Å². The molecule has 0 saturated carbocycles. The van der Waals surface area contributed by atoms with E-state index in [1.54, 1.807) is 36.3 Å². The molecule has 3 aromatic rings. The lowest BCUT2D eigenvalue weighted by molar-refractivity contribution is 0.802. The Morgan fingerprint density at radius 1 is 1.12 bits per heavy atom. The highest BCUT2D eigenvalue weighted by molar-refractivity contribution is 8.00. The van der Waals surface area contributed by atoms with Crippen LogP contribution in [0.1, 0.15) is 31.9 Å². The van der Waals surface area contributed by atoms with Crippen LogP contribution in [-0.4, -0.2) is 14.1 Å². The van der Waals surface area contributed by atoms with Gasteiger partial charge in [0.25, 0.3) is 0 Å². The van der Waals surface area contributed by atoms with Gasteiger partial charge in [0.05, 0.1) is 22.3 Å². The monoisotopic (exact) mass is 332 g/mol. The van der Waals surface area contributed by atoms with Gasteiger partial charge in [0, 0.05) is 33.8 Å². The minimum atomic E-state index is 0.0658. The van der Waals surface area contributed by atoms with Crippen molar-refractivity contribution in [3.05, 3.63) is 54.0 Å². The molecule has 3 rings (SSSR count). The third-order valence-corrected chi connectivity index (χ3v) is 4.67. The molecule has 0 bridgehead atoms. The molecule has 24 heavy (non-hydrogen) atoms. The summed E-state index contributed by atoms with van der Waals surface area (Å²) in [5.41, 5.74) is 3.74. The molecule has 0 aliphatic rings. The first-order valence-electron chi connectivity index (χ1n) is 7.51. The zero-order chi connectivity index (χ0) is 17.3. The summed E-state index contributed by atoms with van der Waals surface area (Å²) >= 11 is 1.77. The fourth-order valence-electron chi connectivity index (χ4n) is 2.57. The first kappa shape index (κ1) is 16.1. The summed E-state index contributed by atoms with van der Waals surface area (Å²) in [7, 11) is 0. The SMILES string of the molecule is CC(C)(C)Sc1ccncc1-c1ccc(C#N)c2cc(C#N)cn12. The van der Waals surface area contributed by atoms with Crippen LogP contribution in [0.15, 0.2) is 47.8 Å². The average molecular weight is 332 g/mol. The molecule has 0 aliphatic heterocycles. The molecule has 0 saturated heterocycles. The molecule has 0 unspecified atom stereocenters. The second-order valence-electron chi connectivity index (χ2n) is 6.43. The largest absolute Gasteiger partial charge is 0.314 e. The summed E-state index contributed by atoms with van der Waals surface area (Å²) in [6.45, 7) is 6.50. The maximum atomic E-state index is 9.32. The average Bonchev–Trinajstić information content (AvgIpc) is 2.97. The normalized spacial score (nSPS) is 11.2. The van der Waals surface area contributed by atoms with Crippen molar-refractivity contribution in [2.24, 2.45) is 0 Å². The molecule has 118 valence electrons. The summed E-state index contributed by atoms with van der Waals surface area (Å²) < 4.78 is 1.97. The lowest BCUT2D eigenvalue weighted by Crippen LogP contribution is -2.07. The zero-order valence-corrected chi connectivity index (χ0v) is 14.6. The zero-order valence-electron chi connectivity index (χ0n) is 13.7. The van der Waals surface area contributed by atoms with E-state index in [-0.39, 0.29) is 4.75 Å². The fraction of sp³-hybridized carbons (Fsp3) is 0.211. The van der Waals surface area contributed by atoms with Gasteiger partial charge in [0.1, 0.15) is 12.1 Å². The van der Waals surface area contributed by atoms with Crippen molar-refractivity contribution in [3.8, 4) is 23.4 Å². The molecule has 0 radical (unpaired) electrons. The van der Waals surface area contributed by atoms with Gasteiger partial charge in [0.2, 0.25) is 0 Å². The molecular formula is C19H16N4S. The summed E-state index contributed by atoms with van der Waals surface area (Å²) in [5, 5.41) is 18.5. The van der Waals surface area contributed by atoms with Gasteiger partial charge in [-0.3, -0.25) is 4.98 Å². The van der Waals surface area contributed by atoms with Crippen LogP contribution in [0.25, 0.3) is 16.8 Å². The number of fused-ring (bicyclic) bond motifs is 1. The number of thioether (sulfide) groups is 1. The molecule has 3 aromatic heterocycles. The Morgan fingerprint density at radius 2 is 1.92 bits per heavy atom. The first-order valence-corrected chi connectivity index (χ1v) is 8.33. The van der Waals surface area contributed by atoms with Gasteiger partial charge in [-0.05, 0) is 24.3 Å². The highest BCUT2D eigenvalue weighted by atomic mass is 32.2. The van der Waals surface area contributed by atoms with Gasteiger partial charge < -0.3 is 4.40 Å². The number of rotatable bonds is 2. The van der Waals surface area contributed by atoms with E-state index in [0.717, 1.165) is 21.7 Å². The van der Waals surface area contributed by atoms with Crippen molar-refractivity contribution in [3.63, 3.8) is 0 Å². The maximum absolute atomic E-state index is 9.32. The molecule has 0 amide bonds. The van der Waals surface area contributed by atoms with Gasteiger partial charge in [-0.25, -0.2) is 0 Å². The highest BCUT2D eigenvalue weighted by Gasteiger charge is 2.18. The van der Waals surface area contributed by atoms with Crippen LogP contribution in [0.5, 0.6) is 0 Å². The molecule has 4 nitrogen and oxygen atoms in total. The number of nitrogens with zero attached hydrogens (tertiary/aromatic N) is 4. The Morgan fingerprint density at radius 3 is 2.58 bits per heavy atom. The molecule has 0 atom stereocenters. The molecule has 5 heteroatoms. The van der Waals surface area contributed by atoms with Crippen molar-refractivity contribution < 1.29 is 0 Å². The fourth-order valence-corrected chi connectivity index (χ4v) is 3.62. The van der Waals surface area contributed by atoms with Gasteiger partial charge in [-0.2, -0.15) is 10.5 Å². The lowest BCUT2D eigenvalue weighted by atomic mass is 10.1. The predicted molar refractivity (Wildman–Crippen MR) is 95.7 cm³/mol. The van der Waals surface area contributed by atoms with E-state index >= 15 is 0 Å². The highest BCUT2D eigenvalue weighted by Crippen LogP contribution is 2.38. The number of hydrogen-bond donors (Lipinski definition) is 0. The smallest absolute Gasteiger partial charge is 0.101 e. The van der Waals surface area contributed by atoms with E-state index in [1.165, 1.54) is 0 Å². The van der Waals surface area contributed by atoms with Gasteiger partial charge in [-0.15, -0.1) is 11.8 Å². The first-order chi connectivity index (χ1) is 11.4. The van der Waals surface area contributed by atoms with Crippen molar-refractivity contribution in [1.29, 1.82) is 10.5 Å². The van der Waals surface area contributed by atoms with Crippen LogP contribution in [-0.2, 0) is 0 Å². The Labute approximate surface area is 145 Å². The molecule has 0 aliphatic carbocycles. The van der Waals surface area contributed by atoms with E-state index in [0.29, 0.717) is 11.1 Å². The lowest BCUT2D eigenvalue weighted by Gasteiger charge is -2.20. The van der Waals surface area contributed by atoms with Crippen LogP contribution < -0.4 is 0 Å². The number of aromatic nitrogens is 2. The molecule has 0 aromatic carbocycles. The maximum Gasteiger partial charge on any atom is 0.101 e. The van der Waals surface area contributed by atoms with E-state index < -0.39 is 0 Å². The Balaban J connectivity index is 2.27. The van der Waals surface area contributed by atoms with Crippen LogP contribution >= 0.6 is 11.8 Å². The minimum Gasteiger partial charge on any atom is -0.314 e. The van der Waals surface area contributed by atoms with Crippen molar-refractivity contribution in [2.75, 3.05) is 0 Å². The topological polar surface area (TPSA) is 64.9 Å². The Kier molecular flexibility index (Phi) is 4.05. The second-order valence-corrected chi connectivity index (χ2v) is 8.29. The Bertz CT molecular complexity index is 997. The minimum absolute atomic E-state index is 0.0658. The molecule has 0 N–H and O–H groups in total. The quantitative estimate of drug-likeness (QED) is 0.641. The van der Waals surface area contributed by atoms with Crippen LogP contribution in [0.4, 0.5) is 0 Å². The third kappa shape index (κ3) is 2.99. The van der Waals surface area contributed by atoms with Crippen LogP contribution in [0.2, 0.25) is 0 Å². The van der Waals surface area contributed by atoms with E-state index in [9.17, 15) is 10.5 Å². The number of pyridine rings is 2. The third-order valence-electron chi connectivity index (χ3n) is 3.49. The summed E-state index contributed by atoms with van der Waals surface area (Å²) in [5.74, 6) is 0. The summed E-state index contributed by atoms with van der Waals surface area (Å²) in [4.78, 5) is 5.39. The van der Waals surface area contributed by atoms with Gasteiger partial charge in [-0.1, -0.05) is 20.8 Å². The van der Waals surface area contributed by atoms with Crippen LogP contribution in [0, 0.1) is 22.7 Å². The Hall–Kier alpha value is -2.76. The van der Waals surface area contributed by atoms with Crippen LogP contribution in [0.3, 0.4) is 0 Å². The van der Waals surface area contributed by atoms with Crippen molar-refractivity contribution in [2.45, 2.75) is 30.4 Å². The molecule has 0 fully saturated rings. The number of nitriles is 2. The standard InChI is InChI=1S/C19H16N4S/c1-19(2,3)24-18-6-7-22-11-15(18)16-5-4-14(10-21)17-8-13(9-20)12-23(16)17/h4-8,11-12H,1-3H3. The summed E-state index contributed by atoms with van der Waals surface area (Å²) in [6, 6.07) is 11.8. The molecular weight excluding hydrogens is 316 g/mol. The van der Waals surface area contributed by atoms with E-state index in [1.807, 2.05) is 22.7 Å².